The van der Waals surface area contributed by atoms with Gasteiger partial charge in [-0.05, 0) is 148 Å². The lowest BCUT2D eigenvalue weighted by molar-refractivity contribution is -0.164. The zero-order chi connectivity index (χ0) is 53.8. The first-order valence-corrected chi connectivity index (χ1v) is 29.4. The second-order valence-electron chi connectivity index (χ2n) is 19.4. The fourth-order valence-corrected chi connectivity index (χ4v) is 8.03. The molecule has 0 spiro atoms. The van der Waals surface area contributed by atoms with Crippen LogP contribution in [-0.2, 0) is 52.3 Å². The Hall–Kier alpha value is -3.56. The number of nitrogens with zero attached hydrogens (tertiary/aromatic N) is 1. The van der Waals surface area contributed by atoms with E-state index in [1.165, 1.54) is 12.8 Å². The largest absolute Gasteiger partial charge is 0.465 e. The second-order valence-corrected chi connectivity index (χ2v) is 19.4. The molecule has 1 saturated heterocycles. The summed E-state index contributed by atoms with van der Waals surface area (Å²) in [6, 6.07) is 0. The number of alkyl carbamates (subject to hydrolysis) is 1. The minimum atomic E-state index is -0.622. The fourth-order valence-electron chi connectivity index (χ4n) is 8.03. The van der Waals surface area contributed by atoms with Gasteiger partial charge in [-0.25, -0.2) is 4.79 Å². The Morgan fingerprint density at radius 1 is 0.473 bits per heavy atom. The molecule has 0 radical (unpaired) electrons. The first kappa shape index (κ1) is 68.5. The smallest absolute Gasteiger partial charge is 0.407 e. The van der Waals surface area contributed by atoms with E-state index in [9.17, 15) is 19.2 Å². The van der Waals surface area contributed by atoms with E-state index in [0.29, 0.717) is 58.7 Å². The summed E-state index contributed by atoms with van der Waals surface area (Å²) >= 11 is 0. The molecule has 1 aliphatic rings. The standard InChI is InChI=1S/C60H106N2O12/c1-6-11-16-20-24-31-46-67-58(68-47-32-25-21-17-12-7-2)40-38-56(64)72-51-53(50-71-55(63)37-36-54(35-28-15-10-5)74-60(66)61-42-45-62-43-29-30-44-62)52-73-57(65)39-41-59(69-48-33-26-22-18-13-8-3)70-49-34-27-23-19-14-9-4/h11-14,16-19,53-54,58-59H,6-10,15,20-52H2,1-5H3,(H,61,66)/b16-11-,17-12-,18-13-,19-14-. The number of hydrogen-bond donors (Lipinski definition) is 1. The van der Waals surface area contributed by atoms with E-state index in [2.05, 4.69) is 93.4 Å². The van der Waals surface area contributed by atoms with Crippen molar-refractivity contribution in [2.45, 2.75) is 233 Å². The Balaban J connectivity index is 2.95. The third-order valence-corrected chi connectivity index (χ3v) is 12.5. The van der Waals surface area contributed by atoms with Crippen LogP contribution in [0.2, 0.25) is 0 Å². The Morgan fingerprint density at radius 2 is 0.865 bits per heavy atom. The molecular weight excluding hydrogens is 941 g/mol. The predicted molar refractivity (Wildman–Crippen MR) is 297 cm³/mol. The van der Waals surface area contributed by atoms with Gasteiger partial charge in [0.2, 0.25) is 0 Å². The van der Waals surface area contributed by atoms with Crippen LogP contribution in [0.1, 0.15) is 214 Å². The number of nitrogens with one attached hydrogen (secondary N) is 1. The minimum Gasteiger partial charge on any atom is -0.465 e. The molecule has 428 valence electrons. The van der Waals surface area contributed by atoms with E-state index in [0.717, 1.165) is 142 Å². The number of esters is 3. The van der Waals surface area contributed by atoms with Gasteiger partial charge in [0.05, 0.1) is 18.8 Å². The van der Waals surface area contributed by atoms with E-state index < -0.39 is 48.6 Å². The zero-order valence-electron chi connectivity index (χ0n) is 47.4. The Morgan fingerprint density at radius 3 is 1.24 bits per heavy atom. The highest BCUT2D eigenvalue weighted by atomic mass is 16.7. The summed E-state index contributed by atoms with van der Waals surface area (Å²) in [6.45, 7) is 15.7. The molecule has 0 bridgehead atoms. The molecule has 1 heterocycles. The van der Waals surface area contributed by atoms with E-state index in [4.69, 9.17) is 37.9 Å². The number of unbranched alkanes of at least 4 members (excludes halogenated alkanes) is 10. The van der Waals surface area contributed by atoms with Gasteiger partial charge in [-0.15, -0.1) is 0 Å². The summed E-state index contributed by atoms with van der Waals surface area (Å²) in [4.78, 5) is 54.9. The molecule has 1 fully saturated rings. The molecule has 14 nitrogen and oxygen atoms in total. The number of ether oxygens (including phenoxy) is 8. The zero-order valence-corrected chi connectivity index (χ0v) is 47.4. The second kappa shape index (κ2) is 51.5. The Bertz CT molecular complexity index is 1340. The summed E-state index contributed by atoms with van der Waals surface area (Å²) in [5.41, 5.74) is 0. The lowest BCUT2D eigenvalue weighted by atomic mass is 10.1. The third kappa shape index (κ3) is 43.7. The van der Waals surface area contributed by atoms with Crippen LogP contribution in [0.5, 0.6) is 0 Å². The van der Waals surface area contributed by atoms with Gasteiger partial charge in [-0.2, -0.15) is 0 Å². The normalized spacial score (nSPS) is 13.7. The molecular formula is C60H106N2O12. The quantitative estimate of drug-likeness (QED) is 0.0202. The molecule has 1 unspecified atom stereocenters. The first-order valence-electron chi connectivity index (χ1n) is 29.4. The minimum absolute atomic E-state index is 0.0304. The lowest BCUT2D eigenvalue weighted by Crippen LogP contribution is -2.35. The maximum absolute atomic E-state index is 13.3. The average molecular weight is 1050 g/mol. The van der Waals surface area contributed by atoms with Gasteiger partial charge in [0.1, 0.15) is 25.9 Å². The first-order chi connectivity index (χ1) is 36.2. The molecule has 14 heteroatoms. The van der Waals surface area contributed by atoms with Gasteiger partial charge in [-0.1, -0.05) is 96.1 Å². The van der Waals surface area contributed by atoms with Crippen LogP contribution in [0.25, 0.3) is 0 Å². The SMILES string of the molecule is CC/C=C\CCCCOC(CCC(=O)OCC(COC(=O)CCC(CCCCC)OC(=O)NCCN1CCCC1)COC(=O)CCC(OCCCC/C=C\CC)OCCCC/C=C\CC)OCCCC/C=C\CC. The molecule has 1 N–H and O–H groups in total. The van der Waals surface area contributed by atoms with Crippen molar-refractivity contribution in [3.05, 3.63) is 48.6 Å². The molecule has 0 aliphatic carbocycles. The molecule has 1 aliphatic heterocycles. The van der Waals surface area contributed by atoms with Crippen molar-refractivity contribution in [1.82, 2.24) is 10.2 Å². The summed E-state index contributed by atoms with van der Waals surface area (Å²) < 4.78 is 47.5. The third-order valence-electron chi connectivity index (χ3n) is 12.5. The maximum atomic E-state index is 13.3. The fraction of sp³-hybridized carbons (Fsp3) is 0.800. The topological polar surface area (TPSA) is 157 Å². The van der Waals surface area contributed by atoms with Crippen LogP contribution in [0, 0.1) is 5.92 Å². The van der Waals surface area contributed by atoms with Gasteiger partial charge in [0.25, 0.3) is 0 Å². The van der Waals surface area contributed by atoms with Gasteiger partial charge in [-0.3, -0.25) is 14.4 Å². The van der Waals surface area contributed by atoms with Gasteiger partial charge in [0, 0.05) is 58.8 Å². The van der Waals surface area contributed by atoms with Crippen LogP contribution in [0.3, 0.4) is 0 Å². The number of allylic oxidation sites excluding steroid dienone is 8. The number of rotatable bonds is 51. The maximum Gasteiger partial charge on any atom is 0.407 e. The highest BCUT2D eigenvalue weighted by Crippen LogP contribution is 2.17. The number of hydrogen-bond acceptors (Lipinski definition) is 13. The Labute approximate surface area is 449 Å². The molecule has 1 amide bonds. The predicted octanol–water partition coefficient (Wildman–Crippen LogP) is 13.6. The molecule has 0 aromatic rings. The molecule has 1 atom stereocenters. The van der Waals surface area contributed by atoms with Crippen molar-refractivity contribution in [3.63, 3.8) is 0 Å². The number of carbonyl (C=O) groups excluding carboxylic acids is 4. The lowest BCUT2D eigenvalue weighted by Gasteiger charge is -2.21. The molecule has 0 saturated carbocycles. The van der Waals surface area contributed by atoms with Crippen LogP contribution < -0.4 is 5.32 Å². The van der Waals surface area contributed by atoms with Crippen LogP contribution in [-0.4, -0.2) is 120 Å². The van der Waals surface area contributed by atoms with Crippen LogP contribution in [0.4, 0.5) is 4.79 Å². The molecule has 74 heavy (non-hydrogen) atoms. The van der Waals surface area contributed by atoms with Gasteiger partial charge >= 0.3 is 24.0 Å². The van der Waals surface area contributed by atoms with Gasteiger partial charge < -0.3 is 48.1 Å². The molecule has 0 aromatic carbocycles. The summed E-state index contributed by atoms with van der Waals surface area (Å²) in [5.74, 6) is -2.01. The molecule has 1 rings (SSSR count). The van der Waals surface area contributed by atoms with E-state index in [1.807, 2.05) is 0 Å². The van der Waals surface area contributed by atoms with Crippen molar-refractivity contribution in [3.8, 4) is 0 Å². The highest BCUT2D eigenvalue weighted by Gasteiger charge is 2.22. The molecule has 0 aromatic heterocycles. The number of carbonyl (C=O) groups is 4. The van der Waals surface area contributed by atoms with Gasteiger partial charge in [0.15, 0.2) is 12.6 Å². The number of likely N-dealkylation sites (tertiary alicyclic amines) is 1. The highest BCUT2D eigenvalue weighted by molar-refractivity contribution is 5.70. The number of amides is 1. The van der Waals surface area contributed by atoms with E-state index in [1.54, 1.807) is 0 Å². The summed E-state index contributed by atoms with van der Waals surface area (Å²) in [6.07, 6.45) is 38.1. The summed E-state index contributed by atoms with van der Waals surface area (Å²) in [5, 5.41) is 2.87. The Kier molecular flexibility index (Phi) is 47.7. The van der Waals surface area contributed by atoms with Crippen molar-refractivity contribution in [2.24, 2.45) is 5.92 Å². The van der Waals surface area contributed by atoms with E-state index in [-0.39, 0.29) is 39.1 Å². The van der Waals surface area contributed by atoms with E-state index >= 15 is 0 Å². The van der Waals surface area contributed by atoms with Crippen molar-refractivity contribution >= 4 is 24.0 Å². The van der Waals surface area contributed by atoms with Crippen molar-refractivity contribution in [1.29, 1.82) is 0 Å². The van der Waals surface area contributed by atoms with Crippen LogP contribution in [0.15, 0.2) is 48.6 Å². The average Bonchev–Trinajstić information content (AvgIpc) is 3.92. The summed E-state index contributed by atoms with van der Waals surface area (Å²) in [7, 11) is 0. The van der Waals surface area contributed by atoms with Crippen LogP contribution >= 0.6 is 0 Å². The monoisotopic (exact) mass is 1050 g/mol. The van der Waals surface area contributed by atoms with Crippen molar-refractivity contribution < 1.29 is 57.1 Å². The van der Waals surface area contributed by atoms with Crippen molar-refractivity contribution in [2.75, 3.05) is 72.4 Å².